The van der Waals surface area contributed by atoms with Crippen LogP contribution in [0.1, 0.15) is 30.0 Å². The molecule has 5 nitrogen and oxygen atoms in total. The molecule has 0 saturated heterocycles. The molecule has 27 heavy (non-hydrogen) atoms. The number of carbonyl (C=O) groups excluding carboxylic acids is 1. The van der Waals surface area contributed by atoms with Gasteiger partial charge >= 0.3 is 0 Å². The predicted molar refractivity (Wildman–Crippen MR) is 99.1 cm³/mol. The van der Waals surface area contributed by atoms with Crippen LogP contribution in [-0.4, -0.2) is 34.2 Å². The smallest absolute Gasteiger partial charge is 0.220 e. The fourth-order valence-electron chi connectivity index (χ4n) is 2.63. The molecule has 0 aromatic heterocycles. The lowest BCUT2D eigenvalue weighted by atomic mass is 9.98. The van der Waals surface area contributed by atoms with E-state index in [2.05, 4.69) is 10.6 Å². The number of nitrogens with one attached hydrogen (secondary N) is 2. The quantitative estimate of drug-likeness (QED) is 0.673. The molecule has 2 aromatic rings. The second-order valence-corrected chi connectivity index (χ2v) is 8.24. The van der Waals surface area contributed by atoms with Crippen molar-refractivity contribution in [2.24, 2.45) is 0 Å². The molecule has 8 heteroatoms. The molecule has 1 unspecified atom stereocenters. The van der Waals surface area contributed by atoms with Gasteiger partial charge in [0.25, 0.3) is 0 Å². The first kappa shape index (κ1) is 21.0. The fourth-order valence-corrected chi connectivity index (χ4v) is 3.31. The van der Waals surface area contributed by atoms with Crippen LogP contribution in [0.15, 0.2) is 47.4 Å². The Morgan fingerprint density at radius 3 is 2.41 bits per heavy atom. The number of hydrogen-bond acceptors (Lipinski definition) is 4. The third kappa shape index (κ3) is 5.83. The van der Waals surface area contributed by atoms with Crippen molar-refractivity contribution >= 4 is 15.7 Å². The molecule has 0 saturated carbocycles. The Kier molecular flexibility index (Phi) is 7.04. The van der Waals surface area contributed by atoms with Gasteiger partial charge in [-0.2, -0.15) is 0 Å². The molecule has 0 bridgehead atoms. The summed E-state index contributed by atoms with van der Waals surface area (Å²) >= 11 is 0. The van der Waals surface area contributed by atoms with E-state index >= 15 is 0 Å². The molecule has 0 heterocycles. The van der Waals surface area contributed by atoms with Gasteiger partial charge in [0.05, 0.1) is 10.9 Å². The summed E-state index contributed by atoms with van der Waals surface area (Å²) in [5, 5.41) is 5.72. The van der Waals surface area contributed by atoms with Gasteiger partial charge in [-0.15, -0.1) is 0 Å². The molecule has 2 aromatic carbocycles. The molecule has 0 aliphatic rings. The molecular weight excluding hydrogens is 374 g/mol. The summed E-state index contributed by atoms with van der Waals surface area (Å²) in [4.78, 5) is 12.4. The predicted octanol–water partition coefficient (Wildman–Crippen LogP) is 2.57. The van der Waals surface area contributed by atoms with E-state index in [4.69, 9.17) is 0 Å². The fraction of sp³-hybridized carbons (Fsp3) is 0.316. The van der Waals surface area contributed by atoms with Crippen molar-refractivity contribution in [3.63, 3.8) is 0 Å². The first-order valence-corrected chi connectivity index (χ1v) is 10.3. The molecule has 0 fully saturated rings. The van der Waals surface area contributed by atoms with E-state index in [9.17, 15) is 22.0 Å². The maximum absolute atomic E-state index is 13.7. The van der Waals surface area contributed by atoms with Crippen LogP contribution in [0.4, 0.5) is 8.78 Å². The van der Waals surface area contributed by atoms with Crippen LogP contribution < -0.4 is 10.6 Å². The molecule has 1 amide bonds. The van der Waals surface area contributed by atoms with Gasteiger partial charge in [-0.1, -0.05) is 18.2 Å². The summed E-state index contributed by atoms with van der Waals surface area (Å²) in [5.74, 6) is -2.31. The number of halogens is 2. The van der Waals surface area contributed by atoms with Crippen LogP contribution in [0.3, 0.4) is 0 Å². The highest BCUT2D eigenvalue weighted by atomic mass is 32.2. The molecule has 2 N–H and O–H groups in total. The van der Waals surface area contributed by atoms with Gasteiger partial charge in [-0.25, -0.2) is 17.2 Å². The molecule has 0 spiro atoms. The maximum Gasteiger partial charge on any atom is 0.220 e. The average Bonchev–Trinajstić information content (AvgIpc) is 2.62. The standard InChI is InChI=1S/C19H22F2N2O3S/c1-22-10-4-7-18(24)23-19(14-8-9-16(20)17(21)12-14)13-5-3-6-15(11-13)27(2,25)26/h3,5-6,8-9,11-12,19,22H,4,7,10H2,1-2H3,(H,23,24). The highest BCUT2D eigenvalue weighted by molar-refractivity contribution is 7.90. The van der Waals surface area contributed by atoms with Crippen molar-refractivity contribution in [3.8, 4) is 0 Å². The molecule has 0 aliphatic carbocycles. The monoisotopic (exact) mass is 396 g/mol. The Hall–Kier alpha value is -2.32. The zero-order valence-electron chi connectivity index (χ0n) is 15.1. The van der Waals surface area contributed by atoms with Gasteiger partial charge < -0.3 is 10.6 Å². The van der Waals surface area contributed by atoms with E-state index in [1.807, 2.05) is 0 Å². The maximum atomic E-state index is 13.7. The van der Waals surface area contributed by atoms with Crippen molar-refractivity contribution in [2.45, 2.75) is 23.8 Å². The zero-order valence-corrected chi connectivity index (χ0v) is 15.9. The minimum Gasteiger partial charge on any atom is -0.345 e. The first-order chi connectivity index (χ1) is 12.7. The van der Waals surface area contributed by atoms with E-state index in [1.165, 1.54) is 18.2 Å². The Labute approximate surface area is 157 Å². The van der Waals surface area contributed by atoms with Gasteiger partial charge in [0.1, 0.15) is 0 Å². The molecule has 0 radical (unpaired) electrons. The Bertz CT molecular complexity index is 917. The van der Waals surface area contributed by atoms with Crippen molar-refractivity contribution in [1.29, 1.82) is 0 Å². The van der Waals surface area contributed by atoms with Crippen molar-refractivity contribution in [3.05, 3.63) is 65.2 Å². The lowest BCUT2D eigenvalue weighted by Crippen LogP contribution is -2.30. The van der Waals surface area contributed by atoms with Crippen LogP contribution in [0.25, 0.3) is 0 Å². The summed E-state index contributed by atoms with van der Waals surface area (Å²) in [6.45, 7) is 0.660. The van der Waals surface area contributed by atoms with Crippen LogP contribution >= 0.6 is 0 Å². The van der Waals surface area contributed by atoms with E-state index < -0.39 is 27.5 Å². The van der Waals surface area contributed by atoms with Crippen LogP contribution in [0, 0.1) is 11.6 Å². The Morgan fingerprint density at radius 1 is 1.07 bits per heavy atom. The summed E-state index contributed by atoms with van der Waals surface area (Å²) in [6, 6.07) is 8.59. The van der Waals surface area contributed by atoms with Crippen molar-refractivity contribution in [2.75, 3.05) is 19.8 Å². The zero-order chi connectivity index (χ0) is 20.0. The number of amides is 1. The largest absolute Gasteiger partial charge is 0.345 e. The lowest BCUT2D eigenvalue weighted by Gasteiger charge is -2.21. The van der Waals surface area contributed by atoms with Gasteiger partial charge in [-0.05, 0) is 55.4 Å². The summed E-state index contributed by atoms with van der Waals surface area (Å²) in [6.07, 6.45) is 1.93. The molecular formula is C19H22F2N2O3S. The normalized spacial score (nSPS) is 12.6. The topological polar surface area (TPSA) is 75.3 Å². The minimum atomic E-state index is -3.46. The average molecular weight is 396 g/mol. The summed E-state index contributed by atoms with van der Waals surface area (Å²) in [7, 11) is -1.68. The lowest BCUT2D eigenvalue weighted by molar-refractivity contribution is -0.121. The minimum absolute atomic E-state index is 0.0806. The second kappa shape index (κ2) is 9.05. The number of hydrogen-bond donors (Lipinski definition) is 2. The number of benzene rings is 2. The second-order valence-electron chi connectivity index (χ2n) is 6.23. The SMILES string of the molecule is CNCCCC(=O)NC(c1cccc(S(C)(=O)=O)c1)c1ccc(F)c(F)c1. The Balaban J connectivity index is 2.40. The molecule has 0 aliphatic heterocycles. The van der Waals surface area contributed by atoms with E-state index in [-0.39, 0.29) is 17.2 Å². The van der Waals surface area contributed by atoms with Crippen molar-refractivity contribution < 1.29 is 22.0 Å². The summed E-state index contributed by atoms with van der Waals surface area (Å²) in [5.41, 5.74) is 0.785. The van der Waals surface area contributed by atoms with Crippen LogP contribution in [0.2, 0.25) is 0 Å². The summed E-state index contributed by atoms with van der Waals surface area (Å²) < 4.78 is 50.7. The number of rotatable bonds is 8. The van der Waals surface area contributed by atoms with Gasteiger partial charge in [0.15, 0.2) is 21.5 Å². The molecule has 146 valence electrons. The first-order valence-electron chi connectivity index (χ1n) is 8.41. The van der Waals surface area contributed by atoms with Gasteiger partial charge in [0.2, 0.25) is 5.91 Å². The van der Waals surface area contributed by atoms with E-state index in [1.54, 1.807) is 19.2 Å². The Morgan fingerprint density at radius 2 is 1.78 bits per heavy atom. The number of sulfone groups is 1. The van der Waals surface area contributed by atoms with Gasteiger partial charge in [0, 0.05) is 12.7 Å². The van der Waals surface area contributed by atoms with E-state index in [0.717, 1.165) is 18.4 Å². The molecule has 2 rings (SSSR count). The highest BCUT2D eigenvalue weighted by Gasteiger charge is 2.20. The van der Waals surface area contributed by atoms with Crippen molar-refractivity contribution in [1.82, 2.24) is 10.6 Å². The molecule has 1 atom stereocenters. The van der Waals surface area contributed by atoms with Gasteiger partial charge in [-0.3, -0.25) is 4.79 Å². The van der Waals surface area contributed by atoms with Crippen LogP contribution in [-0.2, 0) is 14.6 Å². The van der Waals surface area contributed by atoms with Crippen LogP contribution in [0.5, 0.6) is 0 Å². The third-order valence-electron chi connectivity index (χ3n) is 4.03. The number of carbonyl (C=O) groups is 1. The third-order valence-corrected chi connectivity index (χ3v) is 5.14. The highest BCUT2D eigenvalue weighted by Crippen LogP contribution is 2.26. The van der Waals surface area contributed by atoms with E-state index in [0.29, 0.717) is 24.1 Å².